The molecule has 1 saturated heterocycles. The van der Waals surface area contributed by atoms with E-state index in [0.717, 1.165) is 38.6 Å². The molecular formula is C12H23NO2. The number of hydrogen-bond acceptors (Lipinski definition) is 2. The van der Waals surface area contributed by atoms with Crippen LogP contribution in [0.4, 0.5) is 0 Å². The molecule has 0 spiro atoms. The van der Waals surface area contributed by atoms with E-state index in [9.17, 15) is 9.90 Å². The molecule has 2 atom stereocenters. The van der Waals surface area contributed by atoms with E-state index in [1.807, 2.05) is 4.90 Å². The SMILES string of the molecule is CCCC[C@H](CC)C(=O)N1CC[C@@H](O)C1. The summed E-state index contributed by atoms with van der Waals surface area (Å²) < 4.78 is 0. The van der Waals surface area contributed by atoms with E-state index in [0.29, 0.717) is 6.54 Å². The van der Waals surface area contributed by atoms with E-state index in [2.05, 4.69) is 13.8 Å². The predicted molar refractivity (Wildman–Crippen MR) is 60.5 cm³/mol. The van der Waals surface area contributed by atoms with Crippen LogP contribution in [-0.4, -0.2) is 35.1 Å². The summed E-state index contributed by atoms with van der Waals surface area (Å²) in [5.41, 5.74) is 0. The van der Waals surface area contributed by atoms with Gasteiger partial charge in [-0.1, -0.05) is 26.7 Å². The van der Waals surface area contributed by atoms with Crippen molar-refractivity contribution in [3.8, 4) is 0 Å². The van der Waals surface area contributed by atoms with Crippen molar-refractivity contribution in [2.24, 2.45) is 5.92 Å². The Hall–Kier alpha value is -0.570. The minimum Gasteiger partial charge on any atom is -0.391 e. The number of unbranched alkanes of at least 4 members (excludes halogenated alkanes) is 1. The summed E-state index contributed by atoms with van der Waals surface area (Å²) in [6.45, 7) is 5.51. The average molecular weight is 213 g/mol. The Morgan fingerprint density at radius 2 is 2.27 bits per heavy atom. The van der Waals surface area contributed by atoms with E-state index < -0.39 is 0 Å². The number of carbonyl (C=O) groups excluding carboxylic acids is 1. The molecule has 0 radical (unpaired) electrons. The fourth-order valence-electron chi connectivity index (χ4n) is 2.15. The van der Waals surface area contributed by atoms with Gasteiger partial charge in [0.15, 0.2) is 0 Å². The molecule has 0 aromatic rings. The minimum atomic E-state index is -0.294. The van der Waals surface area contributed by atoms with Crippen LogP contribution in [0.1, 0.15) is 46.0 Å². The summed E-state index contributed by atoms with van der Waals surface area (Å²) in [5.74, 6) is 0.428. The molecule has 1 N–H and O–H groups in total. The summed E-state index contributed by atoms with van der Waals surface area (Å²) >= 11 is 0. The average Bonchev–Trinajstić information content (AvgIpc) is 2.65. The molecule has 0 unspecified atom stereocenters. The molecule has 15 heavy (non-hydrogen) atoms. The molecule has 0 bridgehead atoms. The first-order valence-corrected chi connectivity index (χ1v) is 6.15. The van der Waals surface area contributed by atoms with Gasteiger partial charge in [-0.25, -0.2) is 0 Å². The molecule has 1 heterocycles. The lowest BCUT2D eigenvalue weighted by atomic mass is 9.98. The third-order valence-corrected chi connectivity index (χ3v) is 3.22. The maximum Gasteiger partial charge on any atom is 0.225 e. The van der Waals surface area contributed by atoms with Gasteiger partial charge in [0.2, 0.25) is 5.91 Å². The highest BCUT2D eigenvalue weighted by atomic mass is 16.3. The number of hydrogen-bond donors (Lipinski definition) is 1. The molecule has 1 amide bonds. The molecule has 0 aromatic carbocycles. The van der Waals surface area contributed by atoms with Crippen molar-refractivity contribution in [3.63, 3.8) is 0 Å². The van der Waals surface area contributed by atoms with Crippen LogP contribution in [0.15, 0.2) is 0 Å². The van der Waals surface area contributed by atoms with Crippen LogP contribution in [0.2, 0.25) is 0 Å². The molecule has 0 saturated carbocycles. The van der Waals surface area contributed by atoms with Gasteiger partial charge in [-0.3, -0.25) is 4.79 Å². The number of carbonyl (C=O) groups is 1. The van der Waals surface area contributed by atoms with Crippen LogP contribution in [-0.2, 0) is 4.79 Å². The summed E-state index contributed by atoms with van der Waals surface area (Å²) in [5, 5.41) is 9.39. The van der Waals surface area contributed by atoms with Gasteiger partial charge in [0, 0.05) is 19.0 Å². The van der Waals surface area contributed by atoms with Crippen molar-refractivity contribution < 1.29 is 9.90 Å². The van der Waals surface area contributed by atoms with Crippen LogP contribution >= 0.6 is 0 Å². The molecule has 1 aliphatic rings. The van der Waals surface area contributed by atoms with Gasteiger partial charge in [0.1, 0.15) is 0 Å². The van der Waals surface area contributed by atoms with Crippen molar-refractivity contribution in [2.75, 3.05) is 13.1 Å². The number of amides is 1. The fourth-order valence-corrected chi connectivity index (χ4v) is 2.15. The van der Waals surface area contributed by atoms with Crippen LogP contribution in [0.25, 0.3) is 0 Å². The molecular weight excluding hydrogens is 190 g/mol. The van der Waals surface area contributed by atoms with E-state index in [-0.39, 0.29) is 17.9 Å². The molecule has 1 aliphatic heterocycles. The maximum absolute atomic E-state index is 12.0. The van der Waals surface area contributed by atoms with E-state index in [1.54, 1.807) is 0 Å². The van der Waals surface area contributed by atoms with Gasteiger partial charge in [0.25, 0.3) is 0 Å². The second-order valence-electron chi connectivity index (χ2n) is 4.47. The smallest absolute Gasteiger partial charge is 0.225 e. The van der Waals surface area contributed by atoms with E-state index in [4.69, 9.17) is 0 Å². The van der Waals surface area contributed by atoms with E-state index >= 15 is 0 Å². The number of aliphatic hydroxyl groups is 1. The van der Waals surface area contributed by atoms with Crippen LogP contribution < -0.4 is 0 Å². The first kappa shape index (κ1) is 12.5. The monoisotopic (exact) mass is 213 g/mol. The summed E-state index contributed by atoms with van der Waals surface area (Å²) in [6.07, 6.45) is 4.64. The van der Waals surface area contributed by atoms with Crippen LogP contribution in [0.5, 0.6) is 0 Å². The molecule has 0 aliphatic carbocycles. The summed E-state index contributed by atoms with van der Waals surface area (Å²) in [6, 6.07) is 0. The minimum absolute atomic E-state index is 0.176. The van der Waals surface area contributed by atoms with Crippen molar-refractivity contribution in [2.45, 2.75) is 52.1 Å². The highest BCUT2D eigenvalue weighted by molar-refractivity contribution is 5.79. The first-order chi connectivity index (χ1) is 7.19. The standard InChI is InChI=1S/C12H23NO2/c1-3-5-6-10(4-2)12(15)13-8-7-11(14)9-13/h10-11,14H,3-9H2,1-2H3/t10-,11+/m0/s1. The van der Waals surface area contributed by atoms with Gasteiger partial charge in [0.05, 0.1) is 6.10 Å². The predicted octanol–water partition coefficient (Wildman–Crippen LogP) is 1.80. The Morgan fingerprint density at radius 3 is 2.73 bits per heavy atom. The van der Waals surface area contributed by atoms with Crippen LogP contribution in [0, 0.1) is 5.92 Å². The third-order valence-electron chi connectivity index (χ3n) is 3.22. The van der Waals surface area contributed by atoms with E-state index in [1.165, 1.54) is 0 Å². The lowest BCUT2D eigenvalue weighted by molar-refractivity contribution is -0.135. The van der Waals surface area contributed by atoms with Gasteiger partial charge < -0.3 is 10.0 Å². The Bertz CT molecular complexity index is 206. The van der Waals surface area contributed by atoms with Crippen molar-refractivity contribution in [1.29, 1.82) is 0 Å². The summed E-state index contributed by atoms with van der Waals surface area (Å²) in [4.78, 5) is 13.9. The lowest BCUT2D eigenvalue weighted by Gasteiger charge is -2.22. The zero-order valence-electron chi connectivity index (χ0n) is 9.91. The topological polar surface area (TPSA) is 40.5 Å². The first-order valence-electron chi connectivity index (χ1n) is 6.15. The number of aliphatic hydroxyl groups excluding tert-OH is 1. The quantitative estimate of drug-likeness (QED) is 0.756. The highest BCUT2D eigenvalue weighted by Crippen LogP contribution is 2.19. The maximum atomic E-state index is 12.0. The zero-order chi connectivity index (χ0) is 11.3. The Kier molecular flexibility index (Phi) is 5.09. The number of β-amino-alcohol motifs (C(OH)–C–C–N with tert-alkyl or cyclic N) is 1. The summed E-state index contributed by atoms with van der Waals surface area (Å²) in [7, 11) is 0. The van der Waals surface area contributed by atoms with Gasteiger partial charge >= 0.3 is 0 Å². The van der Waals surface area contributed by atoms with Crippen molar-refractivity contribution in [3.05, 3.63) is 0 Å². The van der Waals surface area contributed by atoms with Crippen LogP contribution in [0.3, 0.4) is 0 Å². The molecule has 3 nitrogen and oxygen atoms in total. The van der Waals surface area contributed by atoms with Gasteiger partial charge in [-0.05, 0) is 19.3 Å². The fraction of sp³-hybridized carbons (Fsp3) is 0.917. The lowest BCUT2D eigenvalue weighted by Crippen LogP contribution is -2.34. The van der Waals surface area contributed by atoms with Crippen molar-refractivity contribution in [1.82, 2.24) is 4.90 Å². The zero-order valence-corrected chi connectivity index (χ0v) is 9.91. The Balaban J connectivity index is 2.42. The van der Waals surface area contributed by atoms with Crippen molar-refractivity contribution >= 4 is 5.91 Å². The molecule has 3 heteroatoms. The number of likely N-dealkylation sites (tertiary alicyclic amines) is 1. The van der Waals surface area contributed by atoms with Gasteiger partial charge in [-0.15, -0.1) is 0 Å². The molecule has 1 rings (SSSR count). The number of rotatable bonds is 5. The number of nitrogens with zero attached hydrogens (tertiary/aromatic N) is 1. The highest BCUT2D eigenvalue weighted by Gasteiger charge is 2.28. The normalized spacial score (nSPS) is 23.1. The molecule has 88 valence electrons. The van der Waals surface area contributed by atoms with Gasteiger partial charge in [-0.2, -0.15) is 0 Å². The second-order valence-corrected chi connectivity index (χ2v) is 4.47. The third kappa shape index (κ3) is 3.49. The second kappa shape index (κ2) is 6.11. The molecule has 1 fully saturated rings. The largest absolute Gasteiger partial charge is 0.391 e. The Labute approximate surface area is 92.5 Å². The molecule has 0 aromatic heterocycles. The Morgan fingerprint density at radius 1 is 1.53 bits per heavy atom.